The van der Waals surface area contributed by atoms with Crippen molar-refractivity contribution in [2.45, 2.75) is 64.8 Å². The van der Waals surface area contributed by atoms with Crippen LogP contribution in [0.15, 0.2) is 11.6 Å². The van der Waals surface area contributed by atoms with E-state index < -0.39 is 11.5 Å². The molecule has 108 valence electrons. The average molecular weight is 267 g/mol. The summed E-state index contributed by atoms with van der Waals surface area (Å²) in [6, 6.07) is 0. The zero-order chi connectivity index (χ0) is 14.5. The van der Waals surface area contributed by atoms with E-state index in [9.17, 15) is 14.7 Å². The molecule has 1 aliphatic carbocycles. The molecule has 1 fully saturated rings. The highest BCUT2D eigenvalue weighted by molar-refractivity contribution is 5.93. The van der Waals surface area contributed by atoms with Crippen LogP contribution in [-0.4, -0.2) is 22.5 Å². The molecule has 0 unspecified atom stereocenters. The lowest BCUT2D eigenvalue weighted by Crippen LogP contribution is -2.56. The van der Waals surface area contributed by atoms with Gasteiger partial charge in [-0.15, -0.1) is 0 Å². The van der Waals surface area contributed by atoms with E-state index in [0.29, 0.717) is 18.8 Å². The van der Waals surface area contributed by atoms with Gasteiger partial charge in [0, 0.05) is 6.08 Å². The summed E-state index contributed by atoms with van der Waals surface area (Å²) in [5.74, 6) is -0.591. The van der Waals surface area contributed by atoms with Gasteiger partial charge in [0.1, 0.15) is 5.54 Å². The Kier molecular flexibility index (Phi) is 5.58. The van der Waals surface area contributed by atoms with E-state index in [2.05, 4.69) is 12.2 Å². The number of rotatable bonds is 5. The molecular formula is C15H25NO3. The summed E-state index contributed by atoms with van der Waals surface area (Å²) in [4.78, 5) is 23.4. The fourth-order valence-corrected chi connectivity index (χ4v) is 2.57. The molecule has 1 aliphatic rings. The fourth-order valence-electron chi connectivity index (χ4n) is 2.57. The zero-order valence-electron chi connectivity index (χ0n) is 12.2. The molecule has 1 rings (SSSR count). The van der Waals surface area contributed by atoms with Crippen LogP contribution in [0.3, 0.4) is 0 Å². The van der Waals surface area contributed by atoms with Crippen LogP contribution in [0.5, 0.6) is 0 Å². The normalized spacial score (nSPS) is 27.9. The molecule has 0 aromatic rings. The van der Waals surface area contributed by atoms with E-state index in [1.807, 2.05) is 13.8 Å². The average Bonchev–Trinajstić information content (AvgIpc) is 2.39. The molecule has 0 bridgehead atoms. The van der Waals surface area contributed by atoms with Gasteiger partial charge in [0.05, 0.1) is 0 Å². The van der Waals surface area contributed by atoms with Gasteiger partial charge in [-0.2, -0.15) is 0 Å². The van der Waals surface area contributed by atoms with Crippen LogP contribution in [0.1, 0.15) is 59.3 Å². The minimum absolute atomic E-state index is 0.281. The van der Waals surface area contributed by atoms with Gasteiger partial charge in [-0.1, -0.05) is 25.8 Å². The molecule has 0 aliphatic heterocycles. The van der Waals surface area contributed by atoms with Gasteiger partial charge in [0.25, 0.3) is 0 Å². The molecule has 4 nitrogen and oxygen atoms in total. The van der Waals surface area contributed by atoms with Crippen molar-refractivity contribution >= 4 is 11.9 Å². The van der Waals surface area contributed by atoms with Crippen LogP contribution in [-0.2, 0) is 9.59 Å². The summed E-state index contributed by atoms with van der Waals surface area (Å²) in [5.41, 5.74) is -0.104. The van der Waals surface area contributed by atoms with Crippen molar-refractivity contribution in [3.05, 3.63) is 11.6 Å². The quantitative estimate of drug-likeness (QED) is 0.753. The molecule has 19 heavy (non-hydrogen) atoms. The summed E-state index contributed by atoms with van der Waals surface area (Å²) in [5, 5.41) is 12.2. The molecule has 0 spiro atoms. The number of nitrogens with one attached hydrogen (secondary N) is 1. The van der Waals surface area contributed by atoms with Gasteiger partial charge in [0.15, 0.2) is 0 Å². The molecule has 4 heteroatoms. The number of hydrogen-bond acceptors (Lipinski definition) is 2. The van der Waals surface area contributed by atoms with Crippen molar-refractivity contribution < 1.29 is 14.7 Å². The van der Waals surface area contributed by atoms with Crippen LogP contribution >= 0.6 is 0 Å². The van der Waals surface area contributed by atoms with E-state index in [0.717, 1.165) is 31.3 Å². The number of carbonyl (C=O) groups is 2. The SMILES string of the molecule is CC/C(C)=C/C(=O)NC1(C(=O)O)CCC(CC)CC1. The van der Waals surface area contributed by atoms with Crippen molar-refractivity contribution in [2.75, 3.05) is 0 Å². The number of hydrogen-bond donors (Lipinski definition) is 2. The lowest BCUT2D eigenvalue weighted by atomic mass is 9.75. The highest BCUT2D eigenvalue weighted by Gasteiger charge is 2.42. The lowest BCUT2D eigenvalue weighted by Gasteiger charge is -2.37. The van der Waals surface area contributed by atoms with E-state index in [1.54, 1.807) is 0 Å². The molecular weight excluding hydrogens is 242 g/mol. The van der Waals surface area contributed by atoms with Gasteiger partial charge < -0.3 is 10.4 Å². The van der Waals surface area contributed by atoms with Crippen LogP contribution in [0.2, 0.25) is 0 Å². The fraction of sp³-hybridized carbons (Fsp3) is 0.733. The van der Waals surface area contributed by atoms with Crippen LogP contribution in [0.4, 0.5) is 0 Å². The van der Waals surface area contributed by atoms with E-state index in [1.165, 1.54) is 6.08 Å². The minimum Gasteiger partial charge on any atom is -0.480 e. The number of allylic oxidation sites excluding steroid dienone is 1. The van der Waals surface area contributed by atoms with Gasteiger partial charge in [-0.05, 0) is 44.9 Å². The highest BCUT2D eigenvalue weighted by atomic mass is 16.4. The maximum Gasteiger partial charge on any atom is 0.329 e. The Balaban J connectivity index is 2.74. The molecule has 0 aromatic carbocycles. The maximum absolute atomic E-state index is 11.9. The number of carbonyl (C=O) groups excluding carboxylic acids is 1. The first-order valence-electron chi connectivity index (χ1n) is 7.16. The predicted molar refractivity (Wildman–Crippen MR) is 74.8 cm³/mol. The molecule has 1 amide bonds. The second-order valence-electron chi connectivity index (χ2n) is 5.57. The number of aliphatic carboxylic acids is 1. The van der Waals surface area contributed by atoms with Crippen molar-refractivity contribution in [1.29, 1.82) is 0 Å². The molecule has 0 atom stereocenters. The van der Waals surface area contributed by atoms with Gasteiger partial charge >= 0.3 is 5.97 Å². The van der Waals surface area contributed by atoms with Gasteiger partial charge in [-0.3, -0.25) is 4.79 Å². The second kappa shape index (κ2) is 6.73. The van der Waals surface area contributed by atoms with Crippen molar-refractivity contribution in [1.82, 2.24) is 5.32 Å². The first-order valence-corrected chi connectivity index (χ1v) is 7.16. The monoisotopic (exact) mass is 267 g/mol. The summed E-state index contributed by atoms with van der Waals surface area (Å²) < 4.78 is 0. The largest absolute Gasteiger partial charge is 0.480 e. The van der Waals surface area contributed by atoms with E-state index >= 15 is 0 Å². The summed E-state index contributed by atoms with van der Waals surface area (Å²) in [6.45, 7) is 5.98. The van der Waals surface area contributed by atoms with Crippen molar-refractivity contribution in [3.8, 4) is 0 Å². The first kappa shape index (κ1) is 15.7. The van der Waals surface area contributed by atoms with Gasteiger partial charge in [-0.25, -0.2) is 4.79 Å². The van der Waals surface area contributed by atoms with Crippen LogP contribution < -0.4 is 5.32 Å². The van der Waals surface area contributed by atoms with Crippen LogP contribution in [0.25, 0.3) is 0 Å². The summed E-state index contributed by atoms with van der Waals surface area (Å²) >= 11 is 0. The Morgan fingerprint density at radius 1 is 1.32 bits per heavy atom. The third-order valence-corrected chi connectivity index (χ3v) is 4.24. The standard InChI is InChI=1S/C15H25NO3/c1-4-11(3)10-13(17)16-15(14(18)19)8-6-12(5-2)7-9-15/h10,12H,4-9H2,1-3H3,(H,16,17)(H,18,19)/b11-10+. The van der Waals surface area contributed by atoms with Crippen LogP contribution in [0, 0.1) is 5.92 Å². The Labute approximate surface area is 115 Å². The molecule has 2 N–H and O–H groups in total. The maximum atomic E-state index is 11.9. The Morgan fingerprint density at radius 3 is 2.32 bits per heavy atom. The lowest BCUT2D eigenvalue weighted by molar-refractivity contribution is -0.149. The van der Waals surface area contributed by atoms with Crippen molar-refractivity contribution in [3.63, 3.8) is 0 Å². The molecule has 0 aromatic heterocycles. The highest BCUT2D eigenvalue weighted by Crippen LogP contribution is 2.34. The summed E-state index contributed by atoms with van der Waals surface area (Å²) in [7, 11) is 0. The number of amides is 1. The van der Waals surface area contributed by atoms with E-state index in [4.69, 9.17) is 0 Å². The number of carboxylic acid groups (broad SMARTS) is 1. The molecule has 0 heterocycles. The zero-order valence-corrected chi connectivity index (χ0v) is 12.2. The smallest absolute Gasteiger partial charge is 0.329 e. The Hall–Kier alpha value is -1.32. The Morgan fingerprint density at radius 2 is 1.89 bits per heavy atom. The third-order valence-electron chi connectivity index (χ3n) is 4.24. The van der Waals surface area contributed by atoms with Gasteiger partial charge in [0.2, 0.25) is 5.91 Å². The minimum atomic E-state index is -1.06. The second-order valence-corrected chi connectivity index (χ2v) is 5.57. The topological polar surface area (TPSA) is 66.4 Å². The Bertz CT molecular complexity index is 366. The molecule has 1 saturated carbocycles. The number of carboxylic acids is 1. The predicted octanol–water partition coefficient (Wildman–Crippen LogP) is 2.88. The van der Waals surface area contributed by atoms with Crippen molar-refractivity contribution in [2.24, 2.45) is 5.92 Å². The molecule has 0 saturated heterocycles. The third kappa shape index (κ3) is 4.08. The van der Waals surface area contributed by atoms with E-state index in [-0.39, 0.29) is 5.91 Å². The molecule has 0 radical (unpaired) electrons. The summed E-state index contributed by atoms with van der Waals surface area (Å²) in [6.07, 6.45) is 6.21. The first-order chi connectivity index (χ1) is 8.93.